The number of benzene rings is 2. The fourth-order valence-electron chi connectivity index (χ4n) is 2.41. The van der Waals surface area contributed by atoms with E-state index < -0.39 is 0 Å². The first kappa shape index (κ1) is 21.0. The fourth-order valence-corrected chi connectivity index (χ4v) is 2.41. The van der Waals surface area contributed by atoms with Crippen LogP contribution in [-0.4, -0.2) is 30.4 Å². The molecule has 4 N–H and O–H groups in total. The normalized spacial score (nSPS) is 10.2. The molecule has 0 aliphatic rings. The minimum absolute atomic E-state index is 0.0370. The first-order chi connectivity index (χ1) is 13.4. The summed E-state index contributed by atoms with van der Waals surface area (Å²) in [6.45, 7) is 4.45. The van der Waals surface area contributed by atoms with Gasteiger partial charge in [-0.2, -0.15) is 0 Å². The van der Waals surface area contributed by atoms with Gasteiger partial charge in [0.25, 0.3) is 5.91 Å². The van der Waals surface area contributed by atoms with Crippen LogP contribution in [0.15, 0.2) is 54.6 Å². The summed E-state index contributed by atoms with van der Waals surface area (Å²) in [6.07, 6.45) is 0.202. The Kier molecular flexibility index (Phi) is 8.02. The van der Waals surface area contributed by atoms with Crippen molar-refractivity contribution in [3.8, 4) is 0 Å². The molecule has 0 fully saturated rings. The van der Waals surface area contributed by atoms with E-state index in [0.717, 1.165) is 5.56 Å². The smallest absolute Gasteiger partial charge is 0.319 e. The molecule has 148 valence electrons. The van der Waals surface area contributed by atoms with E-state index in [1.165, 1.54) is 0 Å². The van der Waals surface area contributed by atoms with Gasteiger partial charge < -0.3 is 21.3 Å². The van der Waals surface area contributed by atoms with Crippen molar-refractivity contribution < 1.29 is 14.4 Å². The highest BCUT2D eigenvalue weighted by Gasteiger charge is 2.08. The fraction of sp³-hybridized carbons (Fsp3) is 0.286. The number of amides is 4. The van der Waals surface area contributed by atoms with Gasteiger partial charge in [0.1, 0.15) is 0 Å². The van der Waals surface area contributed by atoms with Crippen LogP contribution in [0.5, 0.6) is 0 Å². The Morgan fingerprint density at radius 2 is 1.57 bits per heavy atom. The van der Waals surface area contributed by atoms with Gasteiger partial charge in [-0.25, -0.2) is 4.79 Å². The van der Waals surface area contributed by atoms with Gasteiger partial charge in [0, 0.05) is 36.8 Å². The van der Waals surface area contributed by atoms with Crippen LogP contribution in [0.2, 0.25) is 0 Å². The van der Waals surface area contributed by atoms with Gasteiger partial charge >= 0.3 is 6.03 Å². The molecule has 2 aromatic carbocycles. The quantitative estimate of drug-likeness (QED) is 0.565. The third-order valence-electron chi connectivity index (χ3n) is 3.79. The Morgan fingerprint density at radius 3 is 2.21 bits per heavy atom. The zero-order valence-corrected chi connectivity index (χ0v) is 16.1. The number of nitrogens with one attached hydrogen (secondary N) is 4. The lowest BCUT2D eigenvalue weighted by atomic mass is 10.2. The topological polar surface area (TPSA) is 99.3 Å². The number of hydrogen-bond acceptors (Lipinski definition) is 3. The molecule has 0 aliphatic heterocycles. The van der Waals surface area contributed by atoms with Crippen molar-refractivity contribution in [3.63, 3.8) is 0 Å². The van der Waals surface area contributed by atoms with E-state index in [0.29, 0.717) is 17.8 Å². The van der Waals surface area contributed by atoms with Crippen molar-refractivity contribution >= 4 is 23.5 Å². The van der Waals surface area contributed by atoms with Gasteiger partial charge in [-0.05, 0) is 43.7 Å². The summed E-state index contributed by atoms with van der Waals surface area (Å²) in [7, 11) is 0. The molecule has 28 heavy (non-hydrogen) atoms. The molecule has 0 unspecified atom stereocenters. The average molecular weight is 382 g/mol. The number of anilines is 1. The third-order valence-corrected chi connectivity index (χ3v) is 3.79. The van der Waals surface area contributed by atoms with Crippen molar-refractivity contribution in [1.29, 1.82) is 0 Å². The lowest BCUT2D eigenvalue weighted by Crippen LogP contribution is -2.34. The van der Waals surface area contributed by atoms with Gasteiger partial charge in [-0.15, -0.1) is 0 Å². The lowest BCUT2D eigenvalue weighted by Gasteiger charge is -2.10. The molecule has 7 nitrogen and oxygen atoms in total. The van der Waals surface area contributed by atoms with Gasteiger partial charge in [0.05, 0.1) is 0 Å². The van der Waals surface area contributed by atoms with E-state index in [1.54, 1.807) is 24.3 Å². The Bertz CT molecular complexity index is 789. The van der Waals surface area contributed by atoms with Gasteiger partial charge in [-0.1, -0.05) is 30.3 Å². The molecule has 0 heterocycles. The summed E-state index contributed by atoms with van der Waals surface area (Å²) in [5.74, 6) is -0.395. The Labute approximate surface area is 164 Å². The van der Waals surface area contributed by atoms with Crippen molar-refractivity contribution in [2.24, 2.45) is 0 Å². The molecule has 7 heteroatoms. The van der Waals surface area contributed by atoms with Crippen LogP contribution in [0.1, 0.15) is 36.2 Å². The molecule has 2 aromatic rings. The van der Waals surface area contributed by atoms with Crippen LogP contribution in [0.4, 0.5) is 10.5 Å². The molecule has 0 spiro atoms. The summed E-state index contributed by atoms with van der Waals surface area (Å²) in [5.41, 5.74) is 2.07. The number of carbonyl (C=O) groups excluding carboxylic acids is 3. The zero-order chi connectivity index (χ0) is 20.4. The maximum absolute atomic E-state index is 12.1. The molecule has 4 amide bonds. The zero-order valence-electron chi connectivity index (χ0n) is 16.1. The highest BCUT2D eigenvalue weighted by atomic mass is 16.2. The molecule has 0 atom stereocenters. The monoisotopic (exact) mass is 382 g/mol. The number of hydrogen-bond donors (Lipinski definition) is 4. The first-order valence-corrected chi connectivity index (χ1v) is 9.20. The van der Waals surface area contributed by atoms with Gasteiger partial charge in [0.2, 0.25) is 5.91 Å². The van der Waals surface area contributed by atoms with Crippen LogP contribution in [0.25, 0.3) is 0 Å². The van der Waals surface area contributed by atoms with Gasteiger partial charge in [0.15, 0.2) is 0 Å². The summed E-state index contributed by atoms with van der Waals surface area (Å²) in [4.78, 5) is 35.6. The molecule has 0 aliphatic carbocycles. The largest absolute Gasteiger partial charge is 0.352 e. The third kappa shape index (κ3) is 7.49. The molecule has 0 aromatic heterocycles. The summed E-state index contributed by atoms with van der Waals surface area (Å²) >= 11 is 0. The van der Waals surface area contributed by atoms with Crippen LogP contribution in [0, 0.1) is 0 Å². The minimum atomic E-state index is -0.297. The van der Waals surface area contributed by atoms with Gasteiger partial charge in [-0.3, -0.25) is 9.59 Å². The minimum Gasteiger partial charge on any atom is -0.352 e. The lowest BCUT2D eigenvalue weighted by molar-refractivity contribution is -0.121. The molecular weight excluding hydrogens is 356 g/mol. The molecule has 2 rings (SSSR count). The molecular formula is C21H26N4O3. The Hall–Kier alpha value is -3.35. The summed E-state index contributed by atoms with van der Waals surface area (Å²) in [5, 5.41) is 10.9. The second-order valence-corrected chi connectivity index (χ2v) is 6.60. The average Bonchev–Trinajstić information content (AvgIpc) is 2.67. The van der Waals surface area contributed by atoms with Crippen LogP contribution < -0.4 is 21.3 Å². The number of urea groups is 1. The molecule has 0 radical (unpaired) electrons. The van der Waals surface area contributed by atoms with E-state index in [1.807, 2.05) is 44.2 Å². The van der Waals surface area contributed by atoms with Crippen LogP contribution in [0.3, 0.4) is 0 Å². The van der Waals surface area contributed by atoms with E-state index >= 15 is 0 Å². The predicted octanol–water partition coefficient (Wildman–Crippen LogP) is 2.65. The van der Waals surface area contributed by atoms with E-state index in [4.69, 9.17) is 0 Å². The molecule has 0 bridgehead atoms. The molecule has 0 saturated carbocycles. The maximum Gasteiger partial charge on any atom is 0.319 e. The predicted molar refractivity (Wildman–Crippen MR) is 109 cm³/mol. The maximum atomic E-state index is 12.1. The van der Waals surface area contributed by atoms with Crippen molar-refractivity contribution in [2.75, 3.05) is 11.9 Å². The standard InChI is InChI=1S/C21H26N4O3/c1-15(2)24-21(28)25-18-10-8-17(9-11-18)20(27)22-13-12-19(26)23-14-16-6-4-3-5-7-16/h3-11,15H,12-14H2,1-2H3,(H,22,27)(H,23,26)(H2,24,25,28). The SMILES string of the molecule is CC(C)NC(=O)Nc1ccc(C(=O)NCCC(=O)NCc2ccccc2)cc1. The van der Waals surface area contributed by atoms with Crippen molar-refractivity contribution in [2.45, 2.75) is 32.9 Å². The second-order valence-electron chi connectivity index (χ2n) is 6.60. The summed E-state index contributed by atoms with van der Waals surface area (Å²) in [6, 6.07) is 15.9. The Morgan fingerprint density at radius 1 is 0.893 bits per heavy atom. The number of rotatable bonds is 8. The number of carbonyl (C=O) groups is 3. The molecule has 0 saturated heterocycles. The van der Waals surface area contributed by atoms with E-state index in [9.17, 15) is 14.4 Å². The second kappa shape index (κ2) is 10.7. The van der Waals surface area contributed by atoms with Crippen molar-refractivity contribution in [3.05, 3.63) is 65.7 Å². The Balaban J connectivity index is 1.70. The van der Waals surface area contributed by atoms with Crippen LogP contribution >= 0.6 is 0 Å². The van der Waals surface area contributed by atoms with E-state index in [2.05, 4.69) is 21.3 Å². The van der Waals surface area contributed by atoms with E-state index in [-0.39, 0.29) is 36.9 Å². The van der Waals surface area contributed by atoms with Crippen LogP contribution in [-0.2, 0) is 11.3 Å². The summed E-state index contributed by atoms with van der Waals surface area (Å²) < 4.78 is 0. The highest BCUT2D eigenvalue weighted by Crippen LogP contribution is 2.09. The highest BCUT2D eigenvalue weighted by molar-refractivity contribution is 5.95. The first-order valence-electron chi connectivity index (χ1n) is 9.20. The van der Waals surface area contributed by atoms with Crippen molar-refractivity contribution in [1.82, 2.24) is 16.0 Å².